The molecule has 0 bridgehead atoms. The molecule has 0 spiro atoms. The number of aryl methyl sites for hydroxylation is 1. The lowest BCUT2D eigenvalue weighted by atomic mass is 10.0. The fourth-order valence-corrected chi connectivity index (χ4v) is 1.87. The van der Waals surface area contributed by atoms with E-state index in [0.717, 1.165) is 5.56 Å². The summed E-state index contributed by atoms with van der Waals surface area (Å²) in [6.45, 7) is 4.34. The van der Waals surface area contributed by atoms with E-state index in [0.29, 0.717) is 29.2 Å². The van der Waals surface area contributed by atoms with Crippen LogP contribution in [0.25, 0.3) is 0 Å². The van der Waals surface area contributed by atoms with Crippen molar-refractivity contribution in [3.63, 3.8) is 0 Å². The predicted molar refractivity (Wildman–Crippen MR) is 76.6 cm³/mol. The molecule has 2 aromatic carbocycles. The van der Waals surface area contributed by atoms with Gasteiger partial charge in [0.15, 0.2) is 5.78 Å². The van der Waals surface area contributed by atoms with Gasteiger partial charge in [0.1, 0.15) is 5.75 Å². The number of anilines is 1. The maximum Gasteiger partial charge on any atom is 0.196 e. The molecule has 19 heavy (non-hydrogen) atoms. The SMILES string of the molecule is CCOc1ccccc1C(=O)c1ccc(C)c(N)c1. The number of ketones is 1. The highest BCUT2D eigenvalue weighted by Gasteiger charge is 2.14. The Hall–Kier alpha value is -2.29. The minimum Gasteiger partial charge on any atom is -0.493 e. The van der Waals surface area contributed by atoms with Gasteiger partial charge in [-0.25, -0.2) is 0 Å². The Morgan fingerprint density at radius 1 is 1.21 bits per heavy atom. The molecule has 0 fully saturated rings. The van der Waals surface area contributed by atoms with Gasteiger partial charge in [0.25, 0.3) is 0 Å². The third-order valence-electron chi connectivity index (χ3n) is 2.97. The number of hydrogen-bond acceptors (Lipinski definition) is 3. The minimum absolute atomic E-state index is 0.0734. The second-order valence-electron chi connectivity index (χ2n) is 4.33. The van der Waals surface area contributed by atoms with Crippen LogP contribution in [0.4, 0.5) is 5.69 Å². The van der Waals surface area contributed by atoms with Gasteiger partial charge in [-0.1, -0.05) is 24.3 Å². The van der Waals surface area contributed by atoms with Crippen molar-refractivity contribution in [2.75, 3.05) is 12.3 Å². The van der Waals surface area contributed by atoms with Crippen molar-refractivity contribution in [3.05, 3.63) is 59.2 Å². The van der Waals surface area contributed by atoms with Gasteiger partial charge in [-0.05, 0) is 37.6 Å². The topological polar surface area (TPSA) is 52.3 Å². The molecule has 98 valence electrons. The zero-order valence-corrected chi connectivity index (χ0v) is 11.1. The number of carbonyl (C=O) groups is 1. The molecule has 0 saturated heterocycles. The lowest BCUT2D eigenvalue weighted by Crippen LogP contribution is -2.06. The fraction of sp³-hybridized carbons (Fsp3) is 0.188. The number of nitrogens with two attached hydrogens (primary N) is 1. The van der Waals surface area contributed by atoms with Crippen molar-refractivity contribution in [1.82, 2.24) is 0 Å². The molecular formula is C16H17NO2. The smallest absolute Gasteiger partial charge is 0.196 e. The highest BCUT2D eigenvalue weighted by Crippen LogP contribution is 2.23. The molecule has 0 aliphatic carbocycles. The summed E-state index contributed by atoms with van der Waals surface area (Å²) in [5, 5.41) is 0. The van der Waals surface area contributed by atoms with E-state index in [1.54, 1.807) is 24.3 Å². The maximum atomic E-state index is 12.5. The van der Waals surface area contributed by atoms with Crippen LogP contribution >= 0.6 is 0 Å². The van der Waals surface area contributed by atoms with E-state index in [2.05, 4.69) is 0 Å². The molecule has 0 amide bonds. The van der Waals surface area contributed by atoms with Crippen molar-refractivity contribution in [1.29, 1.82) is 0 Å². The summed E-state index contributed by atoms with van der Waals surface area (Å²) in [5.41, 5.74) is 8.58. The lowest BCUT2D eigenvalue weighted by molar-refractivity contribution is 0.103. The maximum absolute atomic E-state index is 12.5. The van der Waals surface area contributed by atoms with Gasteiger partial charge in [-0.2, -0.15) is 0 Å². The van der Waals surface area contributed by atoms with E-state index < -0.39 is 0 Å². The number of rotatable bonds is 4. The van der Waals surface area contributed by atoms with Gasteiger partial charge >= 0.3 is 0 Å². The zero-order valence-electron chi connectivity index (χ0n) is 11.1. The normalized spacial score (nSPS) is 10.2. The number of benzene rings is 2. The average Bonchev–Trinajstić information content (AvgIpc) is 2.42. The van der Waals surface area contributed by atoms with Crippen LogP contribution in [0.1, 0.15) is 28.4 Å². The molecule has 3 heteroatoms. The van der Waals surface area contributed by atoms with E-state index in [4.69, 9.17) is 10.5 Å². The van der Waals surface area contributed by atoms with Gasteiger partial charge < -0.3 is 10.5 Å². The molecule has 0 saturated carbocycles. The second-order valence-corrected chi connectivity index (χ2v) is 4.33. The van der Waals surface area contributed by atoms with Crippen molar-refractivity contribution < 1.29 is 9.53 Å². The third-order valence-corrected chi connectivity index (χ3v) is 2.97. The standard InChI is InChI=1S/C16H17NO2/c1-3-19-15-7-5-4-6-13(15)16(18)12-9-8-11(2)14(17)10-12/h4-10H,3,17H2,1-2H3. The van der Waals surface area contributed by atoms with Crippen LogP contribution < -0.4 is 10.5 Å². The van der Waals surface area contributed by atoms with Gasteiger partial charge in [-0.3, -0.25) is 4.79 Å². The Bertz CT molecular complexity index is 605. The summed E-state index contributed by atoms with van der Waals surface area (Å²) in [7, 11) is 0. The van der Waals surface area contributed by atoms with Gasteiger partial charge in [0.05, 0.1) is 12.2 Å². The number of ether oxygens (including phenoxy) is 1. The molecule has 0 aliphatic rings. The van der Waals surface area contributed by atoms with Crippen LogP contribution in [-0.2, 0) is 0 Å². The molecule has 0 aromatic heterocycles. The molecule has 3 nitrogen and oxygen atoms in total. The van der Waals surface area contributed by atoms with Gasteiger partial charge in [0, 0.05) is 11.3 Å². The number of carbonyl (C=O) groups excluding carboxylic acids is 1. The fourth-order valence-electron chi connectivity index (χ4n) is 1.87. The van der Waals surface area contributed by atoms with E-state index in [1.165, 1.54) is 0 Å². The summed E-state index contributed by atoms with van der Waals surface area (Å²) in [5.74, 6) is 0.532. The van der Waals surface area contributed by atoms with Crippen molar-refractivity contribution in [3.8, 4) is 5.75 Å². The first-order valence-corrected chi connectivity index (χ1v) is 6.26. The molecule has 0 aliphatic heterocycles. The van der Waals surface area contributed by atoms with Crippen LogP contribution in [0.15, 0.2) is 42.5 Å². The molecular weight excluding hydrogens is 238 g/mol. The van der Waals surface area contributed by atoms with Crippen molar-refractivity contribution >= 4 is 11.5 Å². The van der Waals surface area contributed by atoms with Crippen LogP contribution in [0, 0.1) is 6.92 Å². The van der Waals surface area contributed by atoms with Gasteiger partial charge in [-0.15, -0.1) is 0 Å². The molecule has 0 radical (unpaired) electrons. The number of para-hydroxylation sites is 1. The molecule has 0 unspecified atom stereocenters. The molecule has 0 atom stereocenters. The first-order chi connectivity index (χ1) is 9.13. The van der Waals surface area contributed by atoms with Crippen molar-refractivity contribution in [2.24, 2.45) is 0 Å². The second kappa shape index (κ2) is 5.57. The summed E-state index contributed by atoms with van der Waals surface area (Å²) in [4.78, 5) is 12.5. The van der Waals surface area contributed by atoms with Gasteiger partial charge in [0.2, 0.25) is 0 Å². The highest BCUT2D eigenvalue weighted by atomic mass is 16.5. The van der Waals surface area contributed by atoms with E-state index in [9.17, 15) is 4.79 Å². The summed E-state index contributed by atoms with van der Waals surface area (Å²) in [6, 6.07) is 12.6. The van der Waals surface area contributed by atoms with Crippen LogP contribution in [0.3, 0.4) is 0 Å². The lowest BCUT2D eigenvalue weighted by Gasteiger charge is -2.10. The minimum atomic E-state index is -0.0734. The summed E-state index contributed by atoms with van der Waals surface area (Å²) < 4.78 is 5.48. The Labute approximate surface area is 113 Å². The Morgan fingerprint density at radius 3 is 2.63 bits per heavy atom. The number of hydrogen-bond donors (Lipinski definition) is 1. The van der Waals surface area contributed by atoms with Crippen LogP contribution in [-0.4, -0.2) is 12.4 Å². The monoisotopic (exact) mass is 255 g/mol. The van der Waals surface area contributed by atoms with Crippen molar-refractivity contribution in [2.45, 2.75) is 13.8 Å². The van der Waals surface area contributed by atoms with E-state index in [1.807, 2.05) is 32.0 Å². The molecule has 0 heterocycles. The highest BCUT2D eigenvalue weighted by molar-refractivity contribution is 6.11. The Morgan fingerprint density at radius 2 is 1.95 bits per heavy atom. The first-order valence-electron chi connectivity index (χ1n) is 6.26. The summed E-state index contributed by atoms with van der Waals surface area (Å²) in [6.07, 6.45) is 0. The van der Waals surface area contributed by atoms with E-state index >= 15 is 0 Å². The molecule has 2 rings (SSSR count). The summed E-state index contributed by atoms with van der Waals surface area (Å²) >= 11 is 0. The zero-order chi connectivity index (χ0) is 13.8. The van der Waals surface area contributed by atoms with Crippen LogP contribution in [0.5, 0.6) is 5.75 Å². The molecule has 2 N–H and O–H groups in total. The van der Waals surface area contributed by atoms with Crippen LogP contribution in [0.2, 0.25) is 0 Å². The Balaban J connectivity index is 2.41. The quantitative estimate of drug-likeness (QED) is 0.674. The average molecular weight is 255 g/mol. The third kappa shape index (κ3) is 2.76. The molecule has 2 aromatic rings. The van der Waals surface area contributed by atoms with E-state index in [-0.39, 0.29) is 5.78 Å². The predicted octanol–water partition coefficient (Wildman–Crippen LogP) is 3.21. The largest absolute Gasteiger partial charge is 0.493 e. The first kappa shape index (κ1) is 13.1. The number of nitrogen functional groups attached to an aromatic ring is 1. The Kier molecular flexibility index (Phi) is 3.85.